The van der Waals surface area contributed by atoms with Crippen molar-refractivity contribution < 1.29 is 9.53 Å². The molecule has 7 nitrogen and oxygen atoms in total. The molecule has 0 unspecified atom stereocenters. The van der Waals surface area contributed by atoms with Gasteiger partial charge in [-0.3, -0.25) is 19.2 Å². The zero-order valence-corrected chi connectivity index (χ0v) is 16.6. The van der Waals surface area contributed by atoms with Gasteiger partial charge in [0.2, 0.25) is 5.91 Å². The van der Waals surface area contributed by atoms with Crippen LogP contribution in [0.4, 0.5) is 5.69 Å². The quantitative estimate of drug-likeness (QED) is 0.890. The Hall–Kier alpha value is -2.38. The molecule has 146 valence electrons. The maximum absolute atomic E-state index is 12.9. The lowest BCUT2D eigenvalue weighted by Gasteiger charge is -2.38. The SMILES string of the molecule is Cc1c(NC(=O)[C@H](C)N2C[C@H](C)O[C@@H](C)C2)c(=O)n(-c2ccccc2)n1C. The van der Waals surface area contributed by atoms with Crippen LogP contribution < -0.4 is 10.9 Å². The molecule has 1 aromatic carbocycles. The van der Waals surface area contributed by atoms with E-state index in [0.29, 0.717) is 24.5 Å². The number of rotatable bonds is 4. The number of morpholine rings is 1. The molecule has 1 amide bonds. The Morgan fingerprint density at radius 3 is 2.37 bits per heavy atom. The summed E-state index contributed by atoms with van der Waals surface area (Å²) in [5.74, 6) is -0.178. The summed E-state index contributed by atoms with van der Waals surface area (Å²) in [4.78, 5) is 27.9. The number of carbonyl (C=O) groups is 1. The third kappa shape index (κ3) is 3.84. The predicted molar refractivity (Wildman–Crippen MR) is 105 cm³/mol. The minimum Gasteiger partial charge on any atom is -0.373 e. The van der Waals surface area contributed by atoms with E-state index in [1.165, 1.54) is 0 Å². The van der Waals surface area contributed by atoms with Crippen LogP contribution in [-0.4, -0.2) is 51.5 Å². The molecule has 0 radical (unpaired) electrons. The summed E-state index contributed by atoms with van der Waals surface area (Å²) in [5, 5.41) is 2.86. The topological polar surface area (TPSA) is 68.5 Å². The van der Waals surface area contributed by atoms with Crippen molar-refractivity contribution in [1.29, 1.82) is 0 Å². The van der Waals surface area contributed by atoms with E-state index >= 15 is 0 Å². The summed E-state index contributed by atoms with van der Waals surface area (Å²) in [5.41, 5.74) is 1.57. The smallest absolute Gasteiger partial charge is 0.295 e. The molecule has 0 saturated carbocycles. The summed E-state index contributed by atoms with van der Waals surface area (Å²) in [6.07, 6.45) is 0.163. The second-order valence-corrected chi connectivity index (χ2v) is 7.31. The van der Waals surface area contributed by atoms with E-state index in [2.05, 4.69) is 10.2 Å². The summed E-state index contributed by atoms with van der Waals surface area (Å²) < 4.78 is 9.07. The van der Waals surface area contributed by atoms with Crippen LogP contribution in [0.25, 0.3) is 5.69 Å². The molecule has 1 fully saturated rings. The first-order valence-corrected chi connectivity index (χ1v) is 9.34. The van der Waals surface area contributed by atoms with Crippen LogP contribution in [0, 0.1) is 6.92 Å². The van der Waals surface area contributed by atoms with Crippen LogP contribution in [0.1, 0.15) is 26.5 Å². The van der Waals surface area contributed by atoms with Gasteiger partial charge in [-0.2, -0.15) is 0 Å². The van der Waals surface area contributed by atoms with Crippen LogP contribution in [0.5, 0.6) is 0 Å². The third-order valence-corrected chi connectivity index (χ3v) is 5.18. The van der Waals surface area contributed by atoms with Crippen LogP contribution >= 0.6 is 0 Å². The number of nitrogens with zero attached hydrogens (tertiary/aromatic N) is 3. The standard InChI is InChI=1S/C20H28N4O3/c1-13-11-23(12-14(2)27-13)16(4)19(25)21-18-15(3)22(5)24(20(18)26)17-9-7-6-8-10-17/h6-10,13-14,16H,11-12H2,1-5H3,(H,21,25)/t13-,14-,16-/m0/s1. The fourth-order valence-electron chi connectivity index (χ4n) is 3.64. The van der Waals surface area contributed by atoms with Crippen LogP contribution in [0.2, 0.25) is 0 Å². The van der Waals surface area contributed by atoms with E-state index < -0.39 is 0 Å². The molecule has 2 aromatic rings. The van der Waals surface area contributed by atoms with Gasteiger partial charge >= 0.3 is 0 Å². The van der Waals surface area contributed by atoms with Gasteiger partial charge in [0.05, 0.1) is 29.6 Å². The van der Waals surface area contributed by atoms with E-state index in [1.807, 2.05) is 65.1 Å². The fourth-order valence-corrected chi connectivity index (χ4v) is 3.64. The number of carbonyl (C=O) groups excluding carboxylic acids is 1. The first-order chi connectivity index (χ1) is 12.8. The molecule has 0 bridgehead atoms. The zero-order chi connectivity index (χ0) is 19.7. The second kappa shape index (κ2) is 7.70. The number of benzene rings is 1. The van der Waals surface area contributed by atoms with Gasteiger partial charge in [-0.25, -0.2) is 4.68 Å². The van der Waals surface area contributed by atoms with Crippen LogP contribution in [0.3, 0.4) is 0 Å². The van der Waals surface area contributed by atoms with Gasteiger partial charge in [0.15, 0.2) is 0 Å². The highest BCUT2D eigenvalue weighted by Crippen LogP contribution is 2.17. The summed E-state index contributed by atoms with van der Waals surface area (Å²) in [6.45, 7) is 9.11. The predicted octanol–water partition coefficient (Wildman–Crippen LogP) is 1.92. The molecule has 1 N–H and O–H groups in total. The van der Waals surface area contributed by atoms with Gasteiger partial charge in [0.1, 0.15) is 5.69 Å². The Kier molecular flexibility index (Phi) is 5.53. The van der Waals surface area contributed by atoms with Crippen molar-refractivity contribution >= 4 is 11.6 Å². The molecule has 1 aliphatic rings. The lowest BCUT2D eigenvalue weighted by molar-refractivity contribution is -0.126. The maximum Gasteiger partial charge on any atom is 0.295 e. The first kappa shape index (κ1) is 19.4. The molecule has 1 aliphatic heterocycles. The molecule has 3 atom stereocenters. The number of hydrogen-bond acceptors (Lipinski definition) is 4. The van der Waals surface area contributed by atoms with E-state index in [9.17, 15) is 9.59 Å². The minimum absolute atomic E-state index is 0.0813. The summed E-state index contributed by atoms with van der Waals surface area (Å²) in [6, 6.07) is 9.05. The summed E-state index contributed by atoms with van der Waals surface area (Å²) >= 11 is 0. The average Bonchev–Trinajstić information content (AvgIpc) is 2.84. The number of anilines is 1. The molecule has 1 aromatic heterocycles. The molecule has 27 heavy (non-hydrogen) atoms. The molecule has 0 aliphatic carbocycles. The second-order valence-electron chi connectivity index (χ2n) is 7.31. The van der Waals surface area contributed by atoms with Crippen molar-refractivity contribution in [3.63, 3.8) is 0 Å². The van der Waals surface area contributed by atoms with Crippen molar-refractivity contribution in [3.05, 3.63) is 46.4 Å². The molecular weight excluding hydrogens is 344 g/mol. The number of amides is 1. The van der Waals surface area contributed by atoms with Crippen molar-refractivity contribution in [2.75, 3.05) is 18.4 Å². The fraction of sp³-hybridized carbons (Fsp3) is 0.500. The Morgan fingerprint density at radius 1 is 1.19 bits per heavy atom. The monoisotopic (exact) mass is 372 g/mol. The maximum atomic E-state index is 12.9. The average molecular weight is 372 g/mol. The minimum atomic E-state index is -0.344. The lowest BCUT2D eigenvalue weighted by Crippen LogP contribution is -2.52. The van der Waals surface area contributed by atoms with Gasteiger partial charge in [-0.05, 0) is 39.8 Å². The van der Waals surface area contributed by atoms with Gasteiger partial charge in [0.25, 0.3) is 5.56 Å². The van der Waals surface area contributed by atoms with Gasteiger partial charge in [0, 0.05) is 20.1 Å². The van der Waals surface area contributed by atoms with Crippen LogP contribution in [-0.2, 0) is 16.6 Å². The van der Waals surface area contributed by atoms with E-state index in [4.69, 9.17) is 4.74 Å². The third-order valence-electron chi connectivity index (χ3n) is 5.18. The molecule has 1 saturated heterocycles. The van der Waals surface area contributed by atoms with Gasteiger partial charge in [-0.1, -0.05) is 18.2 Å². The highest BCUT2D eigenvalue weighted by molar-refractivity contribution is 5.95. The van der Waals surface area contributed by atoms with Crippen molar-refractivity contribution in [1.82, 2.24) is 14.3 Å². The number of ether oxygens (including phenoxy) is 1. The number of para-hydroxylation sites is 1. The molecular formula is C20H28N4O3. The Morgan fingerprint density at radius 2 is 1.78 bits per heavy atom. The largest absolute Gasteiger partial charge is 0.373 e. The van der Waals surface area contributed by atoms with E-state index in [0.717, 1.165) is 5.69 Å². The molecule has 7 heteroatoms. The molecule has 3 rings (SSSR count). The van der Waals surface area contributed by atoms with Gasteiger partial charge in [-0.15, -0.1) is 0 Å². The molecule has 0 spiro atoms. The van der Waals surface area contributed by atoms with Gasteiger partial charge < -0.3 is 10.1 Å². The Labute approximate surface area is 159 Å². The number of nitrogens with one attached hydrogen (secondary N) is 1. The summed E-state index contributed by atoms with van der Waals surface area (Å²) in [7, 11) is 1.81. The van der Waals surface area contributed by atoms with E-state index in [-0.39, 0.29) is 29.7 Å². The Bertz CT molecular complexity index is 861. The van der Waals surface area contributed by atoms with Crippen LogP contribution in [0.15, 0.2) is 35.1 Å². The normalized spacial score (nSPS) is 21.8. The number of aromatic nitrogens is 2. The Balaban J connectivity index is 1.83. The van der Waals surface area contributed by atoms with E-state index in [1.54, 1.807) is 9.36 Å². The molecule has 2 heterocycles. The zero-order valence-electron chi connectivity index (χ0n) is 16.6. The highest BCUT2D eigenvalue weighted by Gasteiger charge is 2.30. The van der Waals surface area contributed by atoms with Crippen molar-refractivity contribution in [3.8, 4) is 5.69 Å². The van der Waals surface area contributed by atoms with Crippen molar-refractivity contribution in [2.24, 2.45) is 7.05 Å². The lowest BCUT2D eigenvalue weighted by atomic mass is 10.1. The first-order valence-electron chi connectivity index (χ1n) is 9.34. The number of hydrogen-bond donors (Lipinski definition) is 1. The highest BCUT2D eigenvalue weighted by atomic mass is 16.5. The van der Waals surface area contributed by atoms with Crippen molar-refractivity contribution in [2.45, 2.75) is 45.9 Å².